The molecule has 1 unspecified atom stereocenters. The first-order valence-corrected chi connectivity index (χ1v) is 4.97. The van der Waals surface area contributed by atoms with E-state index in [1.807, 2.05) is 13.0 Å². The van der Waals surface area contributed by atoms with Gasteiger partial charge in [-0.05, 0) is 12.3 Å². The SMILES string of the molecule is C=CC(CC)(NC(=O)CC)C(C)C. The number of nitrogens with one attached hydrogen (secondary N) is 1. The van der Waals surface area contributed by atoms with E-state index in [0.717, 1.165) is 6.42 Å². The maximum Gasteiger partial charge on any atom is 0.220 e. The van der Waals surface area contributed by atoms with Gasteiger partial charge < -0.3 is 5.32 Å². The van der Waals surface area contributed by atoms with E-state index in [1.54, 1.807) is 0 Å². The topological polar surface area (TPSA) is 29.1 Å². The molecule has 13 heavy (non-hydrogen) atoms. The molecule has 0 heterocycles. The molecular formula is C11H21NO. The second kappa shape index (κ2) is 5.05. The van der Waals surface area contributed by atoms with Crippen molar-refractivity contribution in [2.45, 2.75) is 46.1 Å². The Kier molecular flexibility index (Phi) is 4.74. The summed E-state index contributed by atoms with van der Waals surface area (Å²) in [6, 6.07) is 0. The van der Waals surface area contributed by atoms with Crippen molar-refractivity contribution in [1.29, 1.82) is 0 Å². The molecule has 0 aromatic carbocycles. The molecule has 0 bridgehead atoms. The molecule has 0 radical (unpaired) electrons. The molecule has 0 aliphatic rings. The second-order valence-corrected chi connectivity index (χ2v) is 3.65. The van der Waals surface area contributed by atoms with E-state index in [0.29, 0.717) is 12.3 Å². The quantitative estimate of drug-likeness (QED) is 0.652. The smallest absolute Gasteiger partial charge is 0.220 e. The van der Waals surface area contributed by atoms with Crippen molar-refractivity contribution in [1.82, 2.24) is 5.32 Å². The molecule has 2 heteroatoms. The Labute approximate surface area is 81.4 Å². The van der Waals surface area contributed by atoms with E-state index in [1.165, 1.54) is 0 Å². The number of carbonyl (C=O) groups excluding carboxylic acids is 1. The molecule has 0 saturated heterocycles. The number of hydrogen-bond donors (Lipinski definition) is 1. The average Bonchev–Trinajstić information content (AvgIpc) is 2.13. The molecule has 1 N–H and O–H groups in total. The largest absolute Gasteiger partial charge is 0.347 e. The molecule has 0 aromatic rings. The summed E-state index contributed by atoms with van der Waals surface area (Å²) >= 11 is 0. The van der Waals surface area contributed by atoms with E-state index >= 15 is 0 Å². The number of rotatable bonds is 5. The predicted octanol–water partition coefficient (Wildman–Crippen LogP) is 2.50. The zero-order chi connectivity index (χ0) is 10.5. The Balaban J connectivity index is 4.57. The van der Waals surface area contributed by atoms with Gasteiger partial charge in [-0.25, -0.2) is 0 Å². The van der Waals surface area contributed by atoms with Crippen LogP contribution in [0, 0.1) is 5.92 Å². The highest BCUT2D eigenvalue weighted by Gasteiger charge is 2.29. The zero-order valence-electron chi connectivity index (χ0n) is 9.18. The minimum absolute atomic E-state index is 0.0930. The molecule has 76 valence electrons. The van der Waals surface area contributed by atoms with Crippen LogP contribution in [0.5, 0.6) is 0 Å². The molecule has 1 amide bonds. The summed E-state index contributed by atoms with van der Waals surface area (Å²) in [6.07, 6.45) is 3.27. The van der Waals surface area contributed by atoms with Gasteiger partial charge in [0.2, 0.25) is 5.91 Å². The maximum atomic E-state index is 11.3. The zero-order valence-corrected chi connectivity index (χ0v) is 9.18. The summed E-state index contributed by atoms with van der Waals surface area (Å²) in [4.78, 5) is 11.3. The van der Waals surface area contributed by atoms with Gasteiger partial charge in [0.05, 0.1) is 5.54 Å². The van der Waals surface area contributed by atoms with Crippen molar-refractivity contribution in [2.75, 3.05) is 0 Å². The lowest BCUT2D eigenvalue weighted by molar-refractivity contribution is -0.122. The molecule has 0 aromatic heterocycles. The lowest BCUT2D eigenvalue weighted by Gasteiger charge is -2.34. The van der Waals surface area contributed by atoms with Crippen molar-refractivity contribution in [3.63, 3.8) is 0 Å². The van der Waals surface area contributed by atoms with Crippen LogP contribution in [0.1, 0.15) is 40.5 Å². The highest BCUT2D eigenvalue weighted by atomic mass is 16.1. The van der Waals surface area contributed by atoms with E-state index in [-0.39, 0.29) is 11.4 Å². The van der Waals surface area contributed by atoms with Gasteiger partial charge in [-0.1, -0.05) is 33.8 Å². The first-order chi connectivity index (χ1) is 6.02. The van der Waals surface area contributed by atoms with Gasteiger partial charge in [-0.3, -0.25) is 4.79 Å². The van der Waals surface area contributed by atoms with Crippen molar-refractivity contribution in [3.05, 3.63) is 12.7 Å². The lowest BCUT2D eigenvalue weighted by Crippen LogP contribution is -2.50. The molecule has 0 fully saturated rings. The summed E-state index contributed by atoms with van der Waals surface area (Å²) < 4.78 is 0. The van der Waals surface area contributed by atoms with Gasteiger partial charge in [-0.15, -0.1) is 6.58 Å². The Morgan fingerprint density at radius 2 is 2.08 bits per heavy atom. The van der Waals surface area contributed by atoms with E-state index in [4.69, 9.17) is 0 Å². The summed E-state index contributed by atoms with van der Waals surface area (Å²) in [5.74, 6) is 0.473. The minimum Gasteiger partial charge on any atom is -0.347 e. The van der Waals surface area contributed by atoms with Gasteiger partial charge in [0.1, 0.15) is 0 Å². The number of amides is 1. The van der Waals surface area contributed by atoms with Crippen LogP contribution < -0.4 is 5.32 Å². The average molecular weight is 183 g/mol. The van der Waals surface area contributed by atoms with E-state index in [9.17, 15) is 4.79 Å². The summed E-state index contributed by atoms with van der Waals surface area (Å²) in [6.45, 7) is 11.9. The summed E-state index contributed by atoms with van der Waals surface area (Å²) in [7, 11) is 0. The molecule has 1 atom stereocenters. The monoisotopic (exact) mass is 183 g/mol. The van der Waals surface area contributed by atoms with Crippen molar-refractivity contribution >= 4 is 5.91 Å². The fraction of sp³-hybridized carbons (Fsp3) is 0.727. The van der Waals surface area contributed by atoms with Crippen LogP contribution in [0.3, 0.4) is 0 Å². The molecule has 0 aliphatic carbocycles. The fourth-order valence-corrected chi connectivity index (χ4v) is 1.42. The Bertz CT molecular complexity index is 187. The van der Waals surface area contributed by atoms with E-state index < -0.39 is 0 Å². The van der Waals surface area contributed by atoms with Crippen LogP contribution in [0.15, 0.2) is 12.7 Å². The normalized spacial score (nSPS) is 15.2. The first-order valence-electron chi connectivity index (χ1n) is 4.97. The third-order valence-corrected chi connectivity index (χ3v) is 2.67. The van der Waals surface area contributed by atoms with Gasteiger partial charge in [0.25, 0.3) is 0 Å². The van der Waals surface area contributed by atoms with Crippen molar-refractivity contribution in [3.8, 4) is 0 Å². The van der Waals surface area contributed by atoms with Crippen LogP contribution in [0.4, 0.5) is 0 Å². The van der Waals surface area contributed by atoms with Crippen LogP contribution in [0.2, 0.25) is 0 Å². The molecule has 0 rings (SSSR count). The van der Waals surface area contributed by atoms with E-state index in [2.05, 4.69) is 32.7 Å². The van der Waals surface area contributed by atoms with Crippen LogP contribution in [-0.2, 0) is 4.79 Å². The highest BCUT2D eigenvalue weighted by molar-refractivity contribution is 5.76. The van der Waals surface area contributed by atoms with Gasteiger partial charge in [-0.2, -0.15) is 0 Å². The summed E-state index contributed by atoms with van der Waals surface area (Å²) in [5.41, 5.74) is -0.229. The molecule has 2 nitrogen and oxygen atoms in total. The standard InChI is InChI=1S/C11H21NO/c1-6-10(13)12-11(7-2,8-3)9(4)5/h7,9H,2,6,8H2,1,3-5H3,(H,12,13). The van der Waals surface area contributed by atoms with Gasteiger partial charge >= 0.3 is 0 Å². The summed E-state index contributed by atoms with van der Waals surface area (Å²) in [5, 5.41) is 3.02. The number of hydrogen-bond acceptors (Lipinski definition) is 1. The molecule has 0 spiro atoms. The first kappa shape index (κ1) is 12.2. The highest BCUT2D eigenvalue weighted by Crippen LogP contribution is 2.22. The van der Waals surface area contributed by atoms with Crippen molar-refractivity contribution < 1.29 is 4.79 Å². The third-order valence-electron chi connectivity index (χ3n) is 2.67. The van der Waals surface area contributed by atoms with Crippen LogP contribution in [0.25, 0.3) is 0 Å². The Morgan fingerprint density at radius 3 is 2.31 bits per heavy atom. The van der Waals surface area contributed by atoms with Gasteiger partial charge in [0.15, 0.2) is 0 Å². The Morgan fingerprint density at radius 1 is 1.54 bits per heavy atom. The molecule has 0 saturated carbocycles. The lowest BCUT2D eigenvalue weighted by atomic mass is 9.84. The maximum absolute atomic E-state index is 11.3. The fourth-order valence-electron chi connectivity index (χ4n) is 1.42. The predicted molar refractivity (Wildman–Crippen MR) is 56.5 cm³/mol. The van der Waals surface area contributed by atoms with Crippen LogP contribution in [-0.4, -0.2) is 11.4 Å². The van der Waals surface area contributed by atoms with Crippen LogP contribution >= 0.6 is 0 Å². The van der Waals surface area contributed by atoms with Crippen molar-refractivity contribution in [2.24, 2.45) is 5.92 Å². The molecule has 0 aliphatic heterocycles. The second-order valence-electron chi connectivity index (χ2n) is 3.65. The third kappa shape index (κ3) is 2.87. The number of carbonyl (C=O) groups is 1. The van der Waals surface area contributed by atoms with Gasteiger partial charge in [0, 0.05) is 6.42 Å². The Hall–Kier alpha value is -0.790. The minimum atomic E-state index is -0.229. The molecular weight excluding hydrogens is 162 g/mol.